The van der Waals surface area contributed by atoms with E-state index < -0.39 is 6.04 Å². The van der Waals surface area contributed by atoms with Gasteiger partial charge in [0.05, 0.1) is 40.5 Å². The highest BCUT2D eigenvalue weighted by Crippen LogP contribution is 2.24. The molecule has 0 saturated heterocycles. The molecule has 0 saturated carbocycles. The summed E-state index contributed by atoms with van der Waals surface area (Å²) < 4.78 is 1.57. The second-order valence-corrected chi connectivity index (χ2v) is 8.42. The average molecular weight is 466 g/mol. The zero-order valence-electron chi connectivity index (χ0n) is 19.7. The van der Waals surface area contributed by atoms with Crippen LogP contribution in [-0.4, -0.2) is 34.4 Å². The zero-order valence-corrected chi connectivity index (χ0v) is 19.7. The minimum atomic E-state index is -0.562. The van der Waals surface area contributed by atoms with Gasteiger partial charge < -0.3 is 10.6 Å². The lowest BCUT2D eigenvalue weighted by Crippen LogP contribution is -2.31. The molecule has 4 aromatic rings. The standard InChI is InChI=1S/C28H27N5O2/c1-3-30-28(35)23-13-14-25-24(17-32-33(25)18-23)27(34)26(22-7-5-4-6-8-22)31-16-19(2)21-11-9-20(15-29)10-12-21/h4-14,17-19,26,31H,3,16H2,1-2H3,(H,30,35)/t19?,26-/m0/s1. The number of hydrogen-bond donors (Lipinski definition) is 2. The molecule has 0 aliphatic carbocycles. The number of rotatable bonds is 9. The maximum absolute atomic E-state index is 13.7. The number of amides is 1. The maximum atomic E-state index is 13.7. The molecule has 0 aliphatic rings. The van der Waals surface area contributed by atoms with Crippen molar-refractivity contribution in [1.82, 2.24) is 20.2 Å². The molecule has 2 aromatic heterocycles. The molecule has 0 radical (unpaired) electrons. The van der Waals surface area contributed by atoms with E-state index in [2.05, 4.69) is 28.7 Å². The monoisotopic (exact) mass is 465 g/mol. The van der Waals surface area contributed by atoms with Crippen LogP contribution in [0.1, 0.15) is 63.2 Å². The van der Waals surface area contributed by atoms with E-state index in [1.54, 1.807) is 41.2 Å². The van der Waals surface area contributed by atoms with Crippen molar-refractivity contribution in [3.8, 4) is 6.07 Å². The average Bonchev–Trinajstić information content (AvgIpc) is 3.32. The number of fused-ring (bicyclic) bond motifs is 1. The highest BCUT2D eigenvalue weighted by molar-refractivity contribution is 6.06. The third-order valence-electron chi connectivity index (χ3n) is 6.01. The number of nitriles is 1. The van der Waals surface area contributed by atoms with Gasteiger partial charge in [-0.25, -0.2) is 4.52 Å². The molecule has 4 rings (SSSR count). The minimum Gasteiger partial charge on any atom is -0.352 e. The molecule has 0 fully saturated rings. The first-order chi connectivity index (χ1) is 17.0. The quantitative estimate of drug-likeness (QED) is 0.360. The number of nitrogens with one attached hydrogen (secondary N) is 2. The predicted molar refractivity (Wildman–Crippen MR) is 134 cm³/mol. The fourth-order valence-corrected chi connectivity index (χ4v) is 4.03. The SMILES string of the molecule is CCNC(=O)c1ccc2c(C(=O)[C@@H](NCC(C)c3ccc(C#N)cc3)c3ccccc3)cnn2c1. The number of carbonyl (C=O) groups excluding carboxylic acids is 2. The summed E-state index contributed by atoms with van der Waals surface area (Å²) in [6.07, 6.45) is 3.19. The Labute approximate surface area is 204 Å². The number of pyridine rings is 1. The van der Waals surface area contributed by atoms with Gasteiger partial charge in [0, 0.05) is 19.3 Å². The van der Waals surface area contributed by atoms with Crippen LogP contribution in [0.5, 0.6) is 0 Å². The van der Waals surface area contributed by atoms with E-state index in [-0.39, 0.29) is 17.6 Å². The van der Waals surface area contributed by atoms with E-state index >= 15 is 0 Å². The third kappa shape index (κ3) is 5.29. The summed E-state index contributed by atoms with van der Waals surface area (Å²) in [7, 11) is 0. The summed E-state index contributed by atoms with van der Waals surface area (Å²) in [5, 5.41) is 19.6. The third-order valence-corrected chi connectivity index (χ3v) is 6.01. The van der Waals surface area contributed by atoms with Crippen molar-refractivity contribution < 1.29 is 9.59 Å². The number of carbonyl (C=O) groups is 2. The van der Waals surface area contributed by atoms with Crippen LogP contribution >= 0.6 is 0 Å². The smallest absolute Gasteiger partial charge is 0.252 e. The molecular formula is C28H27N5O2. The molecular weight excluding hydrogens is 438 g/mol. The van der Waals surface area contributed by atoms with E-state index in [9.17, 15) is 9.59 Å². The summed E-state index contributed by atoms with van der Waals surface area (Å²) in [6, 6.07) is 22.1. The van der Waals surface area contributed by atoms with Gasteiger partial charge >= 0.3 is 0 Å². The Hall–Kier alpha value is -4.28. The van der Waals surface area contributed by atoms with Gasteiger partial charge in [-0.3, -0.25) is 9.59 Å². The Bertz CT molecular complexity index is 1370. The summed E-state index contributed by atoms with van der Waals surface area (Å²) in [4.78, 5) is 25.9. The number of hydrogen-bond acceptors (Lipinski definition) is 5. The molecule has 35 heavy (non-hydrogen) atoms. The molecule has 0 bridgehead atoms. The van der Waals surface area contributed by atoms with Gasteiger partial charge in [0.1, 0.15) is 0 Å². The van der Waals surface area contributed by atoms with Crippen molar-refractivity contribution in [3.63, 3.8) is 0 Å². The molecule has 7 heteroatoms. The lowest BCUT2D eigenvalue weighted by atomic mass is 9.95. The maximum Gasteiger partial charge on any atom is 0.252 e. The number of ketones is 1. The summed E-state index contributed by atoms with van der Waals surface area (Å²) >= 11 is 0. The molecule has 0 aliphatic heterocycles. The number of aromatic nitrogens is 2. The predicted octanol–water partition coefficient (Wildman–Crippen LogP) is 4.27. The van der Waals surface area contributed by atoms with Crippen LogP contribution in [0.2, 0.25) is 0 Å². The van der Waals surface area contributed by atoms with Crippen molar-refractivity contribution in [1.29, 1.82) is 5.26 Å². The van der Waals surface area contributed by atoms with Gasteiger partial charge in [0.15, 0.2) is 5.78 Å². The molecule has 7 nitrogen and oxygen atoms in total. The number of nitrogens with zero attached hydrogens (tertiary/aromatic N) is 3. The summed E-state index contributed by atoms with van der Waals surface area (Å²) in [6.45, 7) is 5.04. The van der Waals surface area contributed by atoms with E-state index in [0.717, 1.165) is 11.1 Å². The lowest BCUT2D eigenvalue weighted by Gasteiger charge is -2.21. The summed E-state index contributed by atoms with van der Waals surface area (Å²) in [5.74, 6) is -0.146. The van der Waals surface area contributed by atoms with Gasteiger partial charge in [-0.1, -0.05) is 49.4 Å². The van der Waals surface area contributed by atoms with E-state index in [1.165, 1.54) is 0 Å². The number of benzene rings is 2. The fraction of sp³-hybridized carbons (Fsp3) is 0.214. The largest absolute Gasteiger partial charge is 0.352 e. The second kappa shape index (κ2) is 10.8. The van der Waals surface area contributed by atoms with Gasteiger partial charge in [0.2, 0.25) is 0 Å². The Morgan fingerprint density at radius 3 is 2.46 bits per heavy atom. The summed E-state index contributed by atoms with van der Waals surface area (Å²) in [5.41, 5.74) is 4.18. The van der Waals surface area contributed by atoms with Crippen molar-refractivity contribution >= 4 is 17.2 Å². The highest BCUT2D eigenvalue weighted by Gasteiger charge is 2.25. The van der Waals surface area contributed by atoms with Crippen molar-refractivity contribution in [2.75, 3.05) is 13.1 Å². The lowest BCUT2D eigenvalue weighted by molar-refractivity contribution is 0.0940. The Balaban J connectivity index is 1.59. The Kier molecular flexibility index (Phi) is 7.34. The van der Waals surface area contributed by atoms with Crippen molar-refractivity contribution in [2.24, 2.45) is 0 Å². The van der Waals surface area contributed by atoms with E-state index in [0.29, 0.717) is 35.3 Å². The van der Waals surface area contributed by atoms with Crippen LogP contribution in [0, 0.1) is 11.3 Å². The van der Waals surface area contributed by atoms with Crippen molar-refractivity contribution in [2.45, 2.75) is 25.8 Å². The van der Waals surface area contributed by atoms with Crippen LogP contribution in [0.4, 0.5) is 0 Å². The van der Waals surface area contributed by atoms with Gasteiger partial charge in [0.25, 0.3) is 5.91 Å². The first-order valence-corrected chi connectivity index (χ1v) is 11.6. The second-order valence-electron chi connectivity index (χ2n) is 8.42. The van der Waals surface area contributed by atoms with Crippen molar-refractivity contribution in [3.05, 3.63) is 107 Å². The highest BCUT2D eigenvalue weighted by atomic mass is 16.1. The van der Waals surface area contributed by atoms with Crippen LogP contribution in [0.15, 0.2) is 79.1 Å². The Morgan fingerprint density at radius 1 is 1.03 bits per heavy atom. The number of Topliss-reactive ketones (excluding diaryl/α,β-unsaturated/α-hetero) is 1. The molecule has 1 unspecified atom stereocenters. The Morgan fingerprint density at radius 2 is 1.77 bits per heavy atom. The first kappa shape index (κ1) is 23.9. The molecule has 176 valence electrons. The van der Waals surface area contributed by atoms with Crippen LogP contribution in [0.25, 0.3) is 5.52 Å². The normalized spacial score (nSPS) is 12.6. The topological polar surface area (TPSA) is 99.3 Å². The minimum absolute atomic E-state index is 0.0935. The molecule has 2 aromatic carbocycles. The zero-order chi connectivity index (χ0) is 24.8. The molecule has 2 heterocycles. The fourth-order valence-electron chi connectivity index (χ4n) is 4.03. The van der Waals surface area contributed by atoms with Crippen LogP contribution in [-0.2, 0) is 0 Å². The van der Waals surface area contributed by atoms with Gasteiger partial charge in [-0.2, -0.15) is 10.4 Å². The van der Waals surface area contributed by atoms with Gasteiger partial charge in [-0.05, 0) is 48.2 Å². The first-order valence-electron chi connectivity index (χ1n) is 11.6. The molecule has 0 spiro atoms. The molecule has 2 atom stereocenters. The van der Waals surface area contributed by atoms with Crippen LogP contribution < -0.4 is 10.6 Å². The van der Waals surface area contributed by atoms with Gasteiger partial charge in [-0.15, -0.1) is 0 Å². The van der Waals surface area contributed by atoms with E-state index in [1.807, 2.05) is 49.4 Å². The van der Waals surface area contributed by atoms with Crippen LogP contribution in [0.3, 0.4) is 0 Å². The van der Waals surface area contributed by atoms with E-state index in [4.69, 9.17) is 5.26 Å². The molecule has 2 N–H and O–H groups in total. The molecule has 1 amide bonds.